The van der Waals surface area contributed by atoms with E-state index in [1.54, 1.807) is 24.3 Å². The molecule has 6 heteroatoms. The number of hydrogen-bond acceptors (Lipinski definition) is 3. The lowest BCUT2D eigenvalue weighted by Gasteiger charge is -2.15. The quantitative estimate of drug-likeness (QED) is 0.731. The van der Waals surface area contributed by atoms with Crippen molar-refractivity contribution in [3.05, 3.63) is 69.2 Å². The van der Waals surface area contributed by atoms with Crippen molar-refractivity contribution in [2.45, 2.75) is 19.4 Å². The van der Waals surface area contributed by atoms with Crippen LogP contribution in [0, 0.1) is 0 Å². The van der Waals surface area contributed by atoms with Gasteiger partial charge in [-0.1, -0.05) is 57.9 Å². The molecule has 0 bridgehead atoms. The van der Waals surface area contributed by atoms with Gasteiger partial charge >= 0.3 is 5.97 Å². The highest BCUT2D eigenvalue weighted by atomic mass is 79.9. The molecule has 0 radical (unpaired) electrons. The van der Waals surface area contributed by atoms with E-state index in [4.69, 9.17) is 16.3 Å². The zero-order valence-corrected chi connectivity index (χ0v) is 15.4. The van der Waals surface area contributed by atoms with Crippen LogP contribution in [0.25, 0.3) is 0 Å². The second kappa shape index (κ2) is 8.85. The maximum absolute atomic E-state index is 11.9. The van der Waals surface area contributed by atoms with Gasteiger partial charge in [-0.25, -0.2) is 0 Å². The van der Waals surface area contributed by atoms with Crippen LogP contribution in [0.15, 0.2) is 53.0 Å². The third kappa shape index (κ3) is 5.65. The van der Waals surface area contributed by atoms with Crippen molar-refractivity contribution in [2.75, 3.05) is 6.61 Å². The van der Waals surface area contributed by atoms with E-state index in [9.17, 15) is 9.59 Å². The van der Waals surface area contributed by atoms with Crippen molar-refractivity contribution in [3.8, 4) is 0 Å². The molecule has 1 atom stereocenters. The standard InChI is InChI=1S/C18H17BrClNO3/c1-12(15-4-2-3-5-16(15)19)21-17(22)11-24-18(23)10-13-6-8-14(20)9-7-13/h2-9,12H,10-11H2,1H3,(H,21,22)/t12-/m0/s1. The van der Waals surface area contributed by atoms with Gasteiger partial charge in [-0.2, -0.15) is 0 Å². The summed E-state index contributed by atoms with van der Waals surface area (Å²) in [6.45, 7) is 1.56. The van der Waals surface area contributed by atoms with Crippen molar-refractivity contribution in [1.82, 2.24) is 5.32 Å². The summed E-state index contributed by atoms with van der Waals surface area (Å²) in [5.74, 6) is -0.802. The van der Waals surface area contributed by atoms with Crippen molar-refractivity contribution < 1.29 is 14.3 Å². The molecule has 2 rings (SSSR count). The summed E-state index contributed by atoms with van der Waals surface area (Å²) in [4.78, 5) is 23.7. The summed E-state index contributed by atoms with van der Waals surface area (Å²) in [6.07, 6.45) is 0.101. The Morgan fingerprint density at radius 1 is 1.17 bits per heavy atom. The molecule has 0 unspecified atom stereocenters. The van der Waals surface area contributed by atoms with Crippen molar-refractivity contribution in [2.24, 2.45) is 0 Å². The van der Waals surface area contributed by atoms with Crippen LogP contribution in [0.5, 0.6) is 0 Å². The Morgan fingerprint density at radius 2 is 1.83 bits per heavy atom. The molecule has 4 nitrogen and oxygen atoms in total. The number of carbonyl (C=O) groups is 2. The van der Waals surface area contributed by atoms with Crippen LogP contribution in [0.1, 0.15) is 24.1 Å². The van der Waals surface area contributed by atoms with E-state index in [1.807, 2.05) is 31.2 Å². The maximum Gasteiger partial charge on any atom is 0.310 e. The molecule has 0 aliphatic heterocycles. The van der Waals surface area contributed by atoms with E-state index < -0.39 is 5.97 Å². The Balaban J connectivity index is 1.79. The number of rotatable bonds is 6. The highest BCUT2D eigenvalue weighted by Gasteiger charge is 2.14. The first kappa shape index (κ1) is 18.5. The Morgan fingerprint density at radius 3 is 2.50 bits per heavy atom. The third-order valence-electron chi connectivity index (χ3n) is 3.38. The predicted molar refractivity (Wildman–Crippen MR) is 96.8 cm³/mol. The summed E-state index contributed by atoms with van der Waals surface area (Å²) in [6, 6.07) is 14.3. The Labute approximate surface area is 154 Å². The number of ether oxygens (including phenoxy) is 1. The number of carbonyl (C=O) groups excluding carboxylic acids is 2. The molecule has 0 saturated heterocycles. The Bertz CT molecular complexity index is 718. The first-order chi connectivity index (χ1) is 11.5. The molecule has 1 N–H and O–H groups in total. The monoisotopic (exact) mass is 409 g/mol. The molecule has 2 aromatic rings. The fourth-order valence-corrected chi connectivity index (χ4v) is 2.91. The molecular formula is C18H17BrClNO3. The summed E-state index contributed by atoms with van der Waals surface area (Å²) in [5, 5.41) is 3.40. The van der Waals surface area contributed by atoms with Gasteiger partial charge in [0.1, 0.15) is 0 Å². The predicted octanol–water partition coefficient (Wildman–Crippen LogP) is 4.07. The minimum atomic E-state index is -0.457. The van der Waals surface area contributed by atoms with Gasteiger partial charge in [-0.3, -0.25) is 9.59 Å². The molecule has 0 aliphatic carbocycles. The third-order valence-corrected chi connectivity index (χ3v) is 4.35. The normalized spacial score (nSPS) is 11.6. The average Bonchev–Trinajstić information content (AvgIpc) is 2.55. The van der Waals surface area contributed by atoms with Gasteiger partial charge in [0, 0.05) is 9.50 Å². The van der Waals surface area contributed by atoms with Gasteiger partial charge in [-0.05, 0) is 36.2 Å². The lowest BCUT2D eigenvalue weighted by atomic mass is 10.1. The molecule has 1 amide bonds. The summed E-state index contributed by atoms with van der Waals surface area (Å²) < 4.78 is 5.92. The Kier molecular flexibility index (Phi) is 6.82. The van der Waals surface area contributed by atoms with Gasteiger partial charge in [0.25, 0.3) is 5.91 Å². The SMILES string of the molecule is C[C@H](NC(=O)COC(=O)Cc1ccc(Cl)cc1)c1ccccc1Br. The molecule has 0 saturated carbocycles. The van der Waals surface area contributed by atoms with Crippen LogP contribution in [0.2, 0.25) is 5.02 Å². The molecule has 0 aliphatic rings. The highest BCUT2D eigenvalue weighted by molar-refractivity contribution is 9.10. The summed E-state index contributed by atoms with van der Waals surface area (Å²) >= 11 is 9.23. The first-order valence-electron chi connectivity index (χ1n) is 7.39. The van der Waals surface area contributed by atoms with Gasteiger partial charge in [-0.15, -0.1) is 0 Å². The molecule has 0 heterocycles. The van der Waals surface area contributed by atoms with Crippen molar-refractivity contribution in [1.29, 1.82) is 0 Å². The van der Waals surface area contributed by atoms with Crippen LogP contribution in [-0.2, 0) is 20.7 Å². The van der Waals surface area contributed by atoms with Crippen LogP contribution in [-0.4, -0.2) is 18.5 Å². The second-order valence-electron chi connectivity index (χ2n) is 5.27. The number of esters is 1. The van der Waals surface area contributed by atoms with Crippen LogP contribution in [0.4, 0.5) is 0 Å². The second-order valence-corrected chi connectivity index (χ2v) is 6.57. The number of benzene rings is 2. The fourth-order valence-electron chi connectivity index (χ4n) is 2.15. The van der Waals surface area contributed by atoms with E-state index in [0.717, 1.165) is 15.6 Å². The zero-order chi connectivity index (χ0) is 17.5. The van der Waals surface area contributed by atoms with Gasteiger partial charge in [0.05, 0.1) is 12.5 Å². The van der Waals surface area contributed by atoms with E-state index in [1.165, 1.54) is 0 Å². The number of hydrogen-bond donors (Lipinski definition) is 1. The molecule has 126 valence electrons. The fraction of sp³-hybridized carbons (Fsp3) is 0.222. The first-order valence-corrected chi connectivity index (χ1v) is 8.56. The summed E-state index contributed by atoms with van der Waals surface area (Å²) in [7, 11) is 0. The minimum Gasteiger partial charge on any atom is -0.455 e. The van der Waals surface area contributed by atoms with Crippen LogP contribution >= 0.6 is 27.5 Å². The highest BCUT2D eigenvalue weighted by Crippen LogP contribution is 2.22. The smallest absolute Gasteiger partial charge is 0.310 e. The minimum absolute atomic E-state index is 0.101. The Hall–Kier alpha value is -1.85. The zero-order valence-electron chi connectivity index (χ0n) is 13.1. The van der Waals surface area contributed by atoms with Crippen LogP contribution in [0.3, 0.4) is 0 Å². The largest absolute Gasteiger partial charge is 0.455 e. The molecule has 2 aromatic carbocycles. The van der Waals surface area contributed by atoms with Crippen molar-refractivity contribution >= 4 is 39.4 Å². The number of amides is 1. The lowest BCUT2D eigenvalue weighted by Crippen LogP contribution is -2.31. The summed E-state index contributed by atoms with van der Waals surface area (Å²) in [5.41, 5.74) is 1.74. The number of halogens is 2. The van der Waals surface area contributed by atoms with E-state index in [2.05, 4.69) is 21.2 Å². The van der Waals surface area contributed by atoms with Crippen molar-refractivity contribution in [3.63, 3.8) is 0 Å². The maximum atomic E-state index is 11.9. The molecule has 0 spiro atoms. The topological polar surface area (TPSA) is 55.4 Å². The van der Waals surface area contributed by atoms with Gasteiger partial charge < -0.3 is 10.1 Å². The average molecular weight is 411 g/mol. The van der Waals surface area contributed by atoms with E-state index in [0.29, 0.717) is 5.02 Å². The van der Waals surface area contributed by atoms with E-state index in [-0.39, 0.29) is 25.0 Å². The number of nitrogens with one attached hydrogen (secondary N) is 1. The van der Waals surface area contributed by atoms with Gasteiger partial charge in [0.2, 0.25) is 0 Å². The lowest BCUT2D eigenvalue weighted by molar-refractivity contribution is -0.148. The molecule has 24 heavy (non-hydrogen) atoms. The van der Waals surface area contributed by atoms with E-state index >= 15 is 0 Å². The van der Waals surface area contributed by atoms with Gasteiger partial charge in [0.15, 0.2) is 6.61 Å². The van der Waals surface area contributed by atoms with Crippen LogP contribution < -0.4 is 5.32 Å². The molecule has 0 fully saturated rings. The molecular weight excluding hydrogens is 394 g/mol. The molecule has 0 aromatic heterocycles.